The zero-order chi connectivity index (χ0) is 20.0. The van der Waals surface area contributed by atoms with Crippen molar-refractivity contribution in [3.8, 4) is 5.75 Å². The molecule has 0 saturated carbocycles. The van der Waals surface area contributed by atoms with Gasteiger partial charge in [-0.05, 0) is 74.4 Å². The summed E-state index contributed by atoms with van der Waals surface area (Å²) >= 11 is 0. The van der Waals surface area contributed by atoms with Crippen molar-refractivity contribution in [1.82, 2.24) is 10.2 Å². The van der Waals surface area contributed by atoms with Gasteiger partial charge in [0.1, 0.15) is 5.75 Å². The zero-order valence-electron chi connectivity index (χ0n) is 17.9. The third-order valence-electron chi connectivity index (χ3n) is 6.75. The first-order chi connectivity index (χ1) is 13.5. The third-order valence-corrected chi connectivity index (χ3v) is 6.75. The Balaban J connectivity index is 1.63. The van der Waals surface area contributed by atoms with Gasteiger partial charge < -0.3 is 15.0 Å². The Kier molecular flexibility index (Phi) is 7.14. The Hall–Kier alpha value is -1.84. The number of likely N-dealkylation sites (tertiary alicyclic amines) is 1. The van der Waals surface area contributed by atoms with Gasteiger partial charge >= 0.3 is 0 Å². The first-order valence-electron chi connectivity index (χ1n) is 10.6. The molecule has 28 heavy (non-hydrogen) atoms. The average molecular weight is 381 g/mol. The van der Waals surface area contributed by atoms with Crippen molar-refractivity contribution in [2.75, 3.05) is 27.2 Å². The van der Waals surface area contributed by atoms with E-state index in [0.717, 1.165) is 18.8 Å². The normalized spacial score (nSPS) is 25.6. The number of hydrogen-bond donors (Lipinski definition) is 1. The molecular formula is C25H36N2O. The highest BCUT2D eigenvalue weighted by Crippen LogP contribution is 2.44. The molecule has 3 rings (SSSR count). The van der Waals surface area contributed by atoms with Crippen LogP contribution in [0.2, 0.25) is 0 Å². The van der Waals surface area contributed by atoms with Gasteiger partial charge in [0.25, 0.3) is 0 Å². The molecule has 0 radical (unpaired) electrons. The molecule has 3 unspecified atom stereocenters. The minimum Gasteiger partial charge on any atom is -0.497 e. The summed E-state index contributed by atoms with van der Waals surface area (Å²) in [6.45, 7) is 7.99. The van der Waals surface area contributed by atoms with Gasteiger partial charge in [-0.1, -0.05) is 49.4 Å². The number of nitrogens with one attached hydrogen (secondary N) is 1. The van der Waals surface area contributed by atoms with Crippen LogP contribution in [-0.2, 0) is 13.0 Å². The lowest BCUT2D eigenvalue weighted by Crippen LogP contribution is -2.51. The largest absolute Gasteiger partial charge is 0.497 e. The van der Waals surface area contributed by atoms with E-state index in [1.54, 1.807) is 7.11 Å². The van der Waals surface area contributed by atoms with E-state index >= 15 is 0 Å². The Morgan fingerprint density at radius 2 is 1.75 bits per heavy atom. The molecule has 0 bridgehead atoms. The van der Waals surface area contributed by atoms with E-state index in [2.05, 4.69) is 73.6 Å². The molecule has 3 atom stereocenters. The highest BCUT2D eigenvalue weighted by Gasteiger charge is 2.42. The number of hydrogen-bond acceptors (Lipinski definition) is 3. The van der Waals surface area contributed by atoms with Crippen LogP contribution in [0.1, 0.15) is 37.8 Å². The molecule has 1 N–H and O–H groups in total. The zero-order valence-corrected chi connectivity index (χ0v) is 17.9. The number of rotatable bonds is 8. The first-order valence-corrected chi connectivity index (χ1v) is 10.6. The maximum atomic E-state index is 5.25. The predicted octanol–water partition coefficient (Wildman–Crippen LogP) is 4.76. The van der Waals surface area contributed by atoms with Crippen LogP contribution in [0.5, 0.6) is 5.75 Å². The highest BCUT2D eigenvalue weighted by atomic mass is 16.5. The van der Waals surface area contributed by atoms with Gasteiger partial charge in [-0.25, -0.2) is 0 Å². The summed E-state index contributed by atoms with van der Waals surface area (Å²) in [4.78, 5) is 2.53. The van der Waals surface area contributed by atoms with Crippen molar-refractivity contribution in [1.29, 1.82) is 0 Å². The number of ether oxygens (including phenoxy) is 1. The molecule has 1 saturated heterocycles. The average Bonchev–Trinajstić information content (AvgIpc) is 2.71. The van der Waals surface area contributed by atoms with Crippen LogP contribution in [0.25, 0.3) is 0 Å². The lowest BCUT2D eigenvalue weighted by molar-refractivity contribution is 0.0132. The van der Waals surface area contributed by atoms with E-state index in [0.29, 0.717) is 17.4 Å². The van der Waals surface area contributed by atoms with Crippen molar-refractivity contribution in [3.63, 3.8) is 0 Å². The maximum Gasteiger partial charge on any atom is 0.118 e. The first kappa shape index (κ1) is 20.9. The van der Waals surface area contributed by atoms with Crippen LogP contribution in [0.3, 0.4) is 0 Å². The smallest absolute Gasteiger partial charge is 0.118 e. The SMILES string of the molecule is COc1ccc(CNCCC2(Cc3ccccc3)CC(C)N(C)CC2C)cc1. The van der Waals surface area contributed by atoms with Crippen LogP contribution in [0, 0.1) is 11.3 Å². The summed E-state index contributed by atoms with van der Waals surface area (Å²) in [5, 5.41) is 3.69. The standard InChI is InChI=1S/C25H36N2O/c1-20-19-27(3)21(2)16-25(20,17-22-8-6-5-7-9-22)14-15-26-18-23-10-12-24(28-4)13-11-23/h5-13,20-21,26H,14-19H2,1-4H3. The molecule has 0 spiro atoms. The summed E-state index contributed by atoms with van der Waals surface area (Å²) < 4.78 is 5.25. The second-order valence-electron chi connectivity index (χ2n) is 8.69. The van der Waals surface area contributed by atoms with Gasteiger partial charge in [0, 0.05) is 19.1 Å². The molecule has 2 aromatic rings. The van der Waals surface area contributed by atoms with E-state index in [4.69, 9.17) is 4.74 Å². The summed E-state index contributed by atoms with van der Waals surface area (Å²) in [7, 11) is 3.98. The number of nitrogens with zero attached hydrogens (tertiary/aromatic N) is 1. The van der Waals surface area contributed by atoms with E-state index in [1.165, 1.54) is 36.9 Å². The lowest BCUT2D eigenvalue weighted by Gasteiger charge is -2.49. The molecule has 3 nitrogen and oxygen atoms in total. The third kappa shape index (κ3) is 5.15. The van der Waals surface area contributed by atoms with E-state index in [1.807, 2.05) is 12.1 Å². The molecule has 0 aromatic heterocycles. The maximum absolute atomic E-state index is 5.25. The lowest BCUT2D eigenvalue weighted by atomic mass is 9.63. The molecule has 1 heterocycles. The molecule has 1 aliphatic rings. The Morgan fingerprint density at radius 3 is 2.43 bits per heavy atom. The summed E-state index contributed by atoms with van der Waals surface area (Å²) in [6, 6.07) is 20.1. The Labute approximate surface area is 171 Å². The monoisotopic (exact) mass is 380 g/mol. The van der Waals surface area contributed by atoms with Gasteiger partial charge in [0.05, 0.1) is 7.11 Å². The minimum atomic E-state index is 0.361. The molecule has 3 heteroatoms. The van der Waals surface area contributed by atoms with Gasteiger partial charge in [0.2, 0.25) is 0 Å². The van der Waals surface area contributed by atoms with Crippen molar-refractivity contribution >= 4 is 0 Å². The molecule has 152 valence electrons. The van der Waals surface area contributed by atoms with Gasteiger partial charge in [-0.2, -0.15) is 0 Å². The molecule has 1 aliphatic heterocycles. The quantitative estimate of drug-likeness (QED) is 0.668. The fraction of sp³-hybridized carbons (Fsp3) is 0.520. The van der Waals surface area contributed by atoms with Crippen LogP contribution >= 0.6 is 0 Å². The summed E-state index contributed by atoms with van der Waals surface area (Å²) in [5.74, 6) is 1.61. The topological polar surface area (TPSA) is 24.5 Å². The second-order valence-corrected chi connectivity index (χ2v) is 8.69. The minimum absolute atomic E-state index is 0.361. The molecule has 0 amide bonds. The Bertz CT molecular complexity index is 715. The van der Waals surface area contributed by atoms with Crippen molar-refractivity contribution in [3.05, 3.63) is 65.7 Å². The van der Waals surface area contributed by atoms with E-state index < -0.39 is 0 Å². The van der Waals surface area contributed by atoms with Crippen LogP contribution in [-0.4, -0.2) is 38.2 Å². The van der Waals surface area contributed by atoms with Gasteiger partial charge in [0.15, 0.2) is 0 Å². The van der Waals surface area contributed by atoms with Gasteiger partial charge in [-0.3, -0.25) is 0 Å². The van der Waals surface area contributed by atoms with Crippen LogP contribution in [0.15, 0.2) is 54.6 Å². The molecular weight excluding hydrogens is 344 g/mol. The number of piperidine rings is 1. The fourth-order valence-electron chi connectivity index (χ4n) is 4.75. The number of benzene rings is 2. The van der Waals surface area contributed by atoms with E-state index in [-0.39, 0.29) is 0 Å². The second kappa shape index (κ2) is 9.58. The Morgan fingerprint density at radius 1 is 1.04 bits per heavy atom. The molecule has 1 fully saturated rings. The molecule has 0 aliphatic carbocycles. The van der Waals surface area contributed by atoms with Gasteiger partial charge in [-0.15, -0.1) is 0 Å². The van der Waals surface area contributed by atoms with Crippen molar-refractivity contribution in [2.45, 2.75) is 45.7 Å². The fourth-order valence-corrected chi connectivity index (χ4v) is 4.75. The van der Waals surface area contributed by atoms with Crippen molar-refractivity contribution in [2.24, 2.45) is 11.3 Å². The number of methoxy groups -OCH3 is 1. The van der Waals surface area contributed by atoms with Crippen molar-refractivity contribution < 1.29 is 4.74 Å². The van der Waals surface area contributed by atoms with E-state index in [9.17, 15) is 0 Å². The van der Waals surface area contributed by atoms with Crippen LogP contribution < -0.4 is 10.1 Å². The summed E-state index contributed by atoms with van der Waals surface area (Å²) in [6.07, 6.45) is 3.67. The predicted molar refractivity (Wildman–Crippen MR) is 118 cm³/mol. The summed E-state index contributed by atoms with van der Waals surface area (Å²) in [5.41, 5.74) is 3.14. The van der Waals surface area contributed by atoms with Crippen LogP contribution in [0.4, 0.5) is 0 Å². The molecule has 2 aromatic carbocycles. The highest BCUT2D eigenvalue weighted by molar-refractivity contribution is 5.27.